The molecule has 3 heterocycles. The highest BCUT2D eigenvalue weighted by molar-refractivity contribution is 7.18. The van der Waals surface area contributed by atoms with Crippen molar-refractivity contribution in [3.63, 3.8) is 0 Å². The summed E-state index contributed by atoms with van der Waals surface area (Å²) in [6.07, 6.45) is 5.45. The van der Waals surface area contributed by atoms with Crippen LogP contribution in [-0.2, 0) is 19.4 Å². The SMILES string of the molecule is CN(C)Cc1ccc(-n2nc(-c3cccnc3)c3c2-c2sc(N)nc2CC3)cc1. The molecular weight excluding hydrogens is 380 g/mol. The molecule has 0 fully saturated rings. The average molecular weight is 403 g/mol. The molecule has 7 heteroatoms. The van der Waals surface area contributed by atoms with Crippen molar-refractivity contribution < 1.29 is 0 Å². The van der Waals surface area contributed by atoms with E-state index < -0.39 is 0 Å². The van der Waals surface area contributed by atoms with E-state index in [1.165, 1.54) is 11.1 Å². The van der Waals surface area contributed by atoms with Crippen molar-refractivity contribution in [2.45, 2.75) is 19.4 Å². The number of fused-ring (bicyclic) bond motifs is 3. The Morgan fingerprint density at radius 1 is 1.14 bits per heavy atom. The minimum Gasteiger partial charge on any atom is -0.375 e. The highest BCUT2D eigenvalue weighted by Crippen LogP contribution is 2.43. The lowest BCUT2D eigenvalue weighted by Crippen LogP contribution is -2.10. The normalized spacial score (nSPS) is 12.8. The zero-order chi connectivity index (χ0) is 20.0. The lowest BCUT2D eigenvalue weighted by Gasteiger charge is -2.15. The van der Waals surface area contributed by atoms with Crippen molar-refractivity contribution in [3.05, 3.63) is 65.6 Å². The molecule has 2 N–H and O–H groups in total. The third kappa shape index (κ3) is 3.22. The molecule has 0 unspecified atom stereocenters. The maximum absolute atomic E-state index is 6.05. The number of rotatable bonds is 4. The monoisotopic (exact) mass is 402 g/mol. The number of hydrogen-bond donors (Lipinski definition) is 1. The molecule has 0 aliphatic heterocycles. The van der Waals surface area contributed by atoms with E-state index in [2.05, 4.69) is 59.3 Å². The molecule has 29 heavy (non-hydrogen) atoms. The molecule has 0 saturated carbocycles. The van der Waals surface area contributed by atoms with Crippen molar-refractivity contribution in [2.75, 3.05) is 19.8 Å². The minimum absolute atomic E-state index is 0.611. The van der Waals surface area contributed by atoms with Gasteiger partial charge in [-0.15, -0.1) is 0 Å². The van der Waals surface area contributed by atoms with Crippen LogP contribution < -0.4 is 5.73 Å². The molecular formula is C22H22N6S. The second-order valence-electron chi connectivity index (χ2n) is 7.56. The standard InChI is InChI=1S/C22H22N6S/c1-27(2)13-14-5-7-16(8-6-14)28-20-17(9-10-18-21(20)29-22(23)25-18)19(26-28)15-4-3-11-24-12-15/h3-8,11-12H,9-10,13H2,1-2H3,(H2,23,25). The predicted octanol–water partition coefficient (Wildman–Crippen LogP) is 3.80. The van der Waals surface area contributed by atoms with E-state index in [9.17, 15) is 0 Å². The number of thiazole rings is 1. The van der Waals surface area contributed by atoms with Crippen LogP contribution in [0.1, 0.15) is 16.8 Å². The number of benzene rings is 1. The summed E-state index contributed by atoms with van der Waals surface area (Å²) in [6, 6.07) is 12.6. The number of aryl methyl sites for hydroxylation is 1. The summed E-state index contributed by atoms with van der Waals surface area (Å²) in [5.41, 5.74) is 13.8. The summed E-state index contributed by atoms with van der Waals surface area (Å²) in [5, 5.41) is 5.65. The Morgan fingerprint density at radius 2 is 1.97 bits per heavy atom. The van der Waals surface area contributed by atoms with Gasteiger partial charge in [-0.05, 0) is 56.8 Å². The molecule has 0 spiro atoms. The van der Waals surface area contributed by atoms with Crippen LogP contribution >= 0.6 is 11.3 Å². The third-order valence-electron chi connectivity index (χ3n) is 5.14. The Balaban J connectivity index is 1.69. The Labute approximate surface area is 173 Å². The van der Waals surface area contributed by atoms with Gasteiger partial charge in [0.1, 0.15) is 0 Å². The van der Waals surface area contributed by atoms with Gasteiger partial charge in [-0.2, -0.15) is 5.10 Å². The number of aromatic nitrogens is 4. The number of nitrogen functional groups attached to an aromatic ring is 1. The van der Waals surface area contributed by atoms with Crippen LogP contribution in [0.5, 0.6) is 0 Å². The summed E-state index contributed by atoms with van der Waals surface area (Å²) in [4.78, 5) is 12.1. The van der Waals surface area contributed by atoms with E-state index >= 15 is 0 Å². The van der Waals surface area contributed by atoms with Crippen molar-refractivity contribution >= 4 is 16.5 Å². The number of nitrogens with zero attached hydrogens (tertiary/aromatic N) is 5. The van der Waals surface area contributed by atoms with Gasteiger partial charge in [0.25, 0.3) is 0 Å². The molecule has 146 valence electrons. The third-order valence-corrected chi connectivity index (χ3v) is 6.07. The van der Waals surface area contributed by atoms with Gasteiger partial charge >= 0.3 is 0 Å². The van der Waals surface area contributed by atoms with Crippen LogP contribution in [0.25, 0.3) is 27.5 Å². The lowest BCUT2D eigenvalue weighted by molar-refractivity contribution is 0.402. The zero-order valence-corrected chi connectivity index (χ0v) is 17.3. The first kappa shape index (κ1) is 18.0. The molecule has 1 aliphatic rings. The van der Waals surface area contributed by atoms with E-state index in [1.54, 1.807) is 17.5 Å². The Hall–Kier alpha value is -3.03. The average Bonchev–Trinajstić information content (AvgIpc) is 3.28. The maximum atomic E-state index is 6.05. The second-order valence-corrected chi connectivity index (χ2v) is 8.59. The molecule has 3 aromatic heterocycles. The predicted molar refractivity (Wildman–Crippen MR) is 117 cm³/mol. The van der Waals surface area contributed by atoms with Gasteiger partial charge in [0.05, 0.1) is 27.6 Å². The molecule has 5 rings (SSSR count). The van der Waals surface area contributed by atoms with E-state index in [0.717, 1.165) is 52.6 Å². The maximum Gasteiger partial charge on any atom is 0.180 e. The Bertz CT molecular complexity index is 1160. The van der Waals surface area contributed by atoms with Gasteiger partial charge < -0.3 is 10.6 Å². The van der Waals surface area contributed by atoms with Crippen LogP contribution in [-0.4, -0.2) is 38.7 Å². The largest absolute Gasteiger partial charge is 0.375 e. The number of nitrogens with two attached hydrogens (primary N) is 1. The Kier molecular flexibility index (Phi) is 4.41. The van der Waals surface area contributed by atoms with Crippen LogP contribution in [0.4, 0.5) is 5.13 Å². The van der Waals surface area contributed by atoms with Crippen LogP contribution in [0.2, 0.25) is 0 Å². The molecule has 1 aromatic carbocycles. The molecule has 0 bridgehead atoms. The molecule has 0 atom stereocenters. The first-order valence-electron chi connectivity index (χ1n) is 9.62. The highest BCUT2D eigenvalue weighted by Gasteiger charge is 2.29. The van der Waals surface area contributed by atoms with E-state index in [4.69, 9.17) is 10.8 Å². The van der Waals surface area contributed by atoms with Crippen molar-refractivity contribution in [2.24, 2.45) is 0 Å². The first-order chi connectivity index (χ1) is 14.1. The van der Waals surface area contributed by atoms with Crippen LogP contribution in [0, 0.1) is 0 Å². The van der Waals surface area contributed by atoms with Crippen LogP contribution in [0.15, 0.2) is 48.8 Å². The number of hydrogen-bond acceptors (Lipinski definition) is 6. The van der Waals surface area contributed by atoms with E-state index in [0.29, 0.717) is 5.13 Å². The molecule has 6 nitrogen and oxygen atoms in total. The fourth-order valence-electron chi connectivity index (χ4n) is 3.92. The van der Waals surface area contributed by atoms with Gasteiger partial charge in [-0.1, -0.05) is 23.5 Å². The summed E-state index contributed by atoms with van der Waals surface area (Å²) in [5.74, 6) is 0. The smallest absolute Gasteiger partial charge is 0.180 e. The van der Waals surface area contributed by atoms with Crippen molar-refractivity contribution in [3.8, 4) is 27.5 Å². The van der Waals surface area contributed by atoms with Crippen molar-refractivity contribution in [1.82, 2.24) is 24.6 Å². The highest BCUT2D eigenvalue weighted by atomic mass is 32.1. The second kappa shape index (κ2) is 7.09. The molecule has 0 saturated heterocycles. The molecule has 1 aliphatic carbocycles. The lowest BCUT2D eigenvalue weighted by atomic mass is 9.95. The van der Waals surface area contributed by atoms with Gasteiger partial charge in [-0.3, -0.25) is 4.98 Å². The van der Waals surface area contributed by atoms with Gasteiger partial charge in [0.15, 0.2) is 5.13 Å². The van der Waals surface area contributed by atoms with Gasteiger partial charge in [0, 0.05) is 30.1 Å². The number of anilines is 1. The van der Waals surface area contributed by atoms with Crippen molar-refractivity contribution in [1.29, 1.82) is 0 Å². The zero-order valence-electron chi connectivity index (χ0n) is 16.5. The van der Waals surface area contributed by atoms with E-state index in [1.807, 2.05) is 16.9 Å². The molecule has 4 aromatic rings. The topological polar surface area (TPSA) is 72.9 Å². The summed E-state index contributed by atoms with van der Waals surface area (Å²) < 4.78 is 2.05. The fraction of sp³-hybridized carbons (Fsp3) is 0.227. The first-order valence-corrected chi connectivity index (χ1v) is 10.4. The fourth-order valence-corrected chi connectivity index (χ4v) is 4.85. The molecule has 0 amide bonds. The number of pyridine rings is 1. The van der Waals surface area contributed by atoms with Gasteiger partial charge in [0.2, 0.25) is 0 Å². The molecule has 0 radical (unpaired) electrons. The van der Waals surface area contributed by atoms with Crippen LogP contribution in [0.3, 0.4) is 0 Å². The minimum atomic E-state index is 0.611. The quantitative estimate of drug-likeness (QED) is 0.562. The van der Waals surface area contributed by atoms with E-state index in [-0.39, 0.29) is 0 Å². The summed E-state index contributed by atoms with van der Waals surface area (Å²) in [6.45, 7) is 0.911. The summed E-state index contributed by atoms with van der Waals surface area (Å²) in [7, 11) is 4.15. The van der Waals surface area contributed by atoms with Gasteiger partial charge in [-0.25, -0.2) is 9.67 Å². The Morgan fingerprint density at radius 3 is 2.69 bits per heavy atom. The summed E-state index contributed by atoms with van der Waals surface area (Å²) >= 11 is 1.55.